The fourth-order valence-corrected chi connectivity index (χ4v) is 8.64. The Morgan fingerprint density at radius 1 is 0.512 bits per heavy atom. The lowest BCUT2D eigenvalue weighted by Gasteiger charge is -2.29. The van der Waals surface area contributed by atoms with E-state index in [1.807, 2.05) is 11.8 Å². The van der Waals surface area contributed by atoms with Crippen molar-refractivity contribution in [1.29, 1.82) is 0 Å². The molecule has 1 heterocycles. The molecule has 0 saturated heterocycles. The van der Waals surface area contributed by atoms with E-state index in [9.17, 15) is 0 Å². The summed E-state index contributed by atoms with van der Waals surface area (Å²) in [6, 6.07) is 51.9. The van der Waals surface area contributed by atoms with Crippen LogP contribution in [0.5, 0.6) is 0 Å². The van der Waals surface area contributed by atoms with Crippen LogP contribution in [0.2, 0.25) is 0 Å². The van der Waals surface area contributed by atoms with Crippen LogP contribution in [0.3, 0.4) is 0 Å². The van der Waals surface area contributed by atoms with Gasteiger partial charge in [-0.15, -0.1) is 0 Å². The fourth-order valence-electron chi connectivity index (χ4n) is 7.36. The topological polar surface area (TPSA) is 0 Å². The highest BCUT2D eigenvalue weighted by molar-refractivity contribution is 8.00. The first kappa shape index (κ1) is 23.1. The third-order valence-electron chi connectivity index (χ3n) is 9.34. The molecule has 0 nitrogen and oxygen atoms in total. The molecule has 0 spiro atoms. The summed E-state index contributed by atoms with van der Waals surface area (Å²) in [5.74, 6) is 0. The van der Waals surface area contributed by atoms with Crippen LogP contribution < -0.4 is 0 Å². The van der Waals surface area contributed by atoms with Gasteiger partial charge in [0, 0.05) is 20.6 Å². The van der Waals surface area contributed by atoms with Gasteiger partial charge in [0.1, 0.15) is 0 Å². The lowest BCUT2D eigenvalue weighted by Crippen LogP contribution is -2.22. The molecule has 1 unspecified atom stereocenters. The van der Waals surface area contributed by atoms with Gasteiger partial charge in [0.15, 0.2) is 0 Å². The van der Waals surface area contributed by atoms with Crippen LogP contribution >= 0.6 is 11.8 Å². The molecule has 0 N–H and O–H groups in total. The summed E-state index contributed by atoms with van der Waals surface area (Å²) in [4.78, 5) is 2.69. The summed E-state index contributed by atoms with van der Waals surface area (Å²) in [5, 5.41) is 5.30. The van der Waals surface area contributed by atoms with Gasteiger partial charge < -0.3 is 0 Å². The summed E-state index contributed by atoms with van der Waals surface area (Å²) in [5.41, 5.74) is 11.8. The van der Waals surface area contributed by atoms with E-state index in [0.29, 0.717) is 0 Å². The van der Waals surface area contributed by atoms with Crippen LogP contribution in [0, 0.1) is 0 Å². The summed E-state index contributed by atoms with van der Waals surface area (Å²) < 4.78 is 0. The number of hydrogen-bond acceptors (Lipinski definition) is 1. The van der Waals surface area contributed by atoms with Crippen molar-refractivity contribution < 1.29 is 0 Å². The fraction of sp³-hybridized carbons (Fsp3) is 0.0500. The zero-order chi connectivity index (χ0) is 27.1. The van der Waals surface area contributed by atoms with Crippen LogP contribution in [-0.4, -0.2) is 0 Å². The average Bonchev–Trinajstić information content (AvgIpc) is 3.30. The van der Waals surface area contributed by atoms with E-state index in [1.54, 1.807) is 0 Å². The number of benzene rings is 7. The van der Waals surface area contributed by atoms with E-state index < -0.39 is 0 Å². The second-order valence-corrected chi connectivity index (χ2v) is 12.5. The molecule has 7 aromatic carbocycles. The molecule has 0 fully saturated rings. The third kappa shape index (κ3) is 3.13. The van der Waals surface area contributed by atoms with Crippen LogP contribution in [-0.2, 0) is 5.41 Å². The van der Waals surface area contributed by atoms with Crippen molar-refractivity contribution >= 4 is 33.3 Å². The van der Waals surface area contributed by atoms with Gasteiger partial charge in [-0.3, -0.25) is 0 Å². The lowest BCUT2D eigenvalue weighted by molar-refractivity contribution is 0.714. The maximum absolute atomic E-state index is 2.48. The minimum atomic E-state index is -0.244. The number of fused-ring (bicyclic) bond motifs is 7. The zero-order valence-corrected chi connectivity index (χ0v) is 23.5. The van der Waals surface area contributed by atoms with E-state index in [1.165, 1.54) is 81.4 Å². The van der Waals surface area contributed by atoms with E-state index in [-0.39, 0.29) is 5.41 Å². The van der Waals surface area contributed by atoms with Gasteiger partial charge in [-0.2, -0.15) is 0 Å². The van der Waals surface area contributed by atoms with Crippen LogP contribution in [0.1, 0.15) is 23.6 Å². The zero-order valence-electron chi connectivity index (χ0n) is 22.7. The molecule has 0 radical (unpaired) electrons. The molecule has 9 rings (SSSR count). The highest BCUT2D eigenvalue weighted by Crippen LogP contribution is 2.56. The second kappa shape index (κ2) is 8.46. The van der Waals surface area contributed by atoms with E-state index in [0.717, 1.165) is 0 Å². The Morgan fingerprint density at radius 2 is 1.24 bits per heavy atom. The Kier molecular flexibility index (Phi) is 4.77. The van der Waals surface area contributed by atoms with Gasteiger partial charge in [0.2, 0.25) is 0 Å². The van der Waals surface area contributed by atoms with Crippen molar-refractivity contribution in [3.63, 3.8) is 0 Å². The number of hydrogen-bond donors (Lipinski definition) is 0. The number of rotatable bonds is 2. The quantitative estimate of drug-likeness (QED) is 0.211. The van der Waals surface area contributed by atoms with Gasteiger partial charge in [-0.25, -0.2) is 0 Å². The predicted molar refractivity (Wildman–Crippen MR) is 174 cm³/mol. The van der Waals surface area contributed by atoms with Gasteiger partial charge in [0.25, 0.3) is 0 Å². The van der Waals surface area contributed by atoms with Crippen molar-refractivity contribution in [2.45, 2.75) is 22.1 Å². The highest BCUT2D eigenvalue weighted by Gasteiger charge is 2.41. The van der Waals surface area contributed by atoms with Gasteiger partial charge in [-0.1, -0.05) is 139 Å². The highest BCUT2D eigenvalue weighted by atomic mass is 32.2. The largest absolute Gasteiger partial charge is 0.0881 e. The molecule has 0 bridgehead atoms. The minimum Gasteiger partial charge on any atom is -0.0881 e. The molecule has 0 aromatic heterocycles. The summed E-state index contributed by atoms with van der Waals surface area (Å²) >= 11 is 1.92. The molecule has 1 heteroatoms. The van der Waals surface area contributed by atoms with Crippen molar-refractivity contribution in [3.05, 3.63) is 156 Å². The molecular weight excluding hydrogens is 513 g/mol. The van der Waals surface area contributed by atoms with Crippen molar-refractivity contribution in [2.75, 3.05) is 0 Å². The lowest BCUT2D eigenvalue weighted by atomic mass is 9.73. The first-order valence-electron chi connectivity index (χ1n) is 14.3. The molecule has 1 aliphatic heterocycles. The summed E-state index contributed by atoms with van der Waals surface area (Å²) in [6.45, 7) is 2.41. The summed E-state index contributed by atoms with van der Waals surface area (Å²) in [7, 11) is 0. The molecule has 41 heavy (non-hydrogen) atoms. The normalized spacial score (nSPS) is 16.4. The van der Waals surface area contributed by atoms with Gasteiger partial charge in [-0.05, 0) is 85.3 Å². The Bertz CT molecular complexity index is 2180. The first-order chi connectivity index (χ1) is 20.2. The standard InChI is InChI=1S/C40H26S/c1-40(28-13-3-2-4-14-28)34-23-21-25-10-5-6-15-29(25)38(34)33-22-20-27(24-35(33)40)30-16-9-18-32-31-17-7-11-26-12-8-19-36(37(26)31)41-39(30)32/h2-24H,1H3. The molecule has 1 atom stereocenters. The minimum absolute atomic E-state index is 0.244. The average molecular weight is 539 g/mol. The molecule has 1 aliphatic carbocycles. The third-order valence-corrected chi connectivity index (χ3v) is 10.5. The molecule has 7 aromatic rings. The monoisotopic (exact) mass is 538 g/mol. The van der Waals surface area contributed by atoms with Crippen LogP contribution in [0.15, 0.2) is 149 Å². The van der Waals surface area contributed by atoms with Crippen molar-refractivity contribution in [3.8, 4) is 33.4 Å². The Morgan fingerprint density at radius 3 is 2.15 bits per heavy atom. The van der Waals surface area contributed by atoms with Gasteiger partial charge >= 0.3 is 0 Å². The molecule has 0 saturated carbocycles. The Balaban J connectivity index is 1.31. The Labute approximate surface area is 244 Å². The van der Waals surface area contributed by atoms with E-state index in [2.05, 4.69) is 146 Å². The smallest absolute Gasteiger partial charge is 0.0435 e. The maximum Gasteiger partial charge on any atom is 0.0435 e. The second-order valence-electron chi connectivity index (χ2n) is 11.4. The summed E-state index contributed by atoms with van der Waals surface area (Å²) in [6.07, 6.45) is 0. The predicted octanol–water partition coefficient (Wildman–Crippen LogP) is 11.1. The molecule has 0 amide bonds. The maximum atomic E-state index is 2.48. The Hall–Kier alpha value is -4.59. The SMILES string of the molecule is CC1(c2ccccc2)c2cc(-c3cccc4c3Sc3cccc5cccc-4c35)ccc2-c2c1ccc1ccccc21. The van der Waals surface area contributed by atoms with Crippen LogP contribution in [0.25, 0.3) is 54.9 Å². The first-order valence-corrected chi connectivity index (χ1v) is 15.1. The van der Waals surface area contributed by atoms with Crippen LogP contribution in [0.4, 0.5) is 0 Å². The van der Waals surface area contributed by atoms with Gasteiger partial charge in [0.05, 0.1) is 0 Å². The molecular formula is C40H26S. The molecule has 2 aliphatic rings. The molecule has 192 valence electrons. The van der Waals surface area contributed by atoms with Crippen molar-refractivity contribution in [2.24, 2.45) is 0 Å². The van der Waals surface area contributed by atoms with Crippen molar-refractivity contribution in [1.82, 2.24) is 0 Å². The van der Waals surface area contributed by atoms with E-state index in [4.69, 9.17) is 0 Å². The van der Waals surface area contributed by atoms with E-state index >= 15 is 0 Å².